The van der Waals surface area contributed by atoms with Gasteiger partial charge in [0.25, 0.3) is 0 Å². The van der Waals surface area contributed by atoms with Crippen molar-refractivity contribution in [2.24, 2.45) is 5.92 Å². The van der Waals surface area contributed by atoms with Gasteiger partial charge in [-0.2, -0.15) is 0 Å². The first-order valence-corrected chi connectivity index (χ1v) is 5.46. The van der Waals surface area contributed by atoms with Crippen molar-refractivity contribution in [1.29, 1.82) is 0 Å². The summed E-state index contributed by atoms with van der Waals surface area (Å²) in [6.45, 7) is 4.23. The molecule has 0 fully saturated rings. The smallest absolute Gasteiger partial charge is 0.372 e. The lowest BCUT2D eigenvalue weighted by Crippen LogP contribution is -1.97. The van der Waals surface area contributed by atoms with Crippen molar-refractivity contribution in [3.63, 3.8) is 0 Å². The fourth-order valence-corrected chi connectivity index (χ4v) is 2.26. The van der Waals surface area contributed by atoms with E-state index in [2.05, 4.69) is 13.8 Å². The van der Waals surface area contributed by atoms with E-state index in [1.807, 2.05) is 0 Å². The summed E-state index contributed by atoms with van der Waals surface area (Å²) in [5.41, 5.74) is 2.11. The number of carbonyl (C=O) groups is 1. The molecule has 1 aromatic heterocycles. The van der Waals surface area contributed by atoms with Gasteiger partial charge >= 0.3 is 5.97 Å². The van der Waals surface area contributed by atoms with Crippen LogP contribution in [-0.4, -0.2) is 11.1 Å². The van der Waals surface area contributed by atoms with E-state index in [1.54, 1.807) is 0 Å². The molecule has 0 atom stereocenters. The van der Waals surface area contributed by atoms with Gasteiger partial charge in [-0.3, -0.25) is 0 Å². The van der Waals surface area contributed by atoms with Gasteiger partial charge < -0.3 is 9.52 Å². The lowest BCUT2D eigenvalue weighted by Gasteiger charge is -2.02. The Morgan fingerprint density at radius 2 is 2.07 bits per heavy atom. The SMILES string of the molecule is CC(C)Cc1oc(C(=O)O)c2c1CCC2. The summed E-state index contributed by atoms with van der Waals surface area (Å²) in [4.78, 5) is 11.0. The number of carboxylic acid groups (broad SMARTS) is 1. The fourth-order valence-electron chi connectivity index (χ4n) is 2.26. The number of carboxylic acids is 1. The van der Waals surface area contributed by atoms with Crippen molar-refractivity contribution in [1.82, 2.24) is 0 Å². The van der Waals surface area contributed by atoms with Crippen LogP contribution in [0.1, 0.15) is 47.7 Å². The van der Waals surface area contributed by atoms with E-state index in [1.165, 1.54) is 5.56 Å². The lowest BCUT2D eigenvalue weighted by molar-refractivity contribution is 0.0658. The molecular weight excluding hydrogens is 192 g/mol. The van der Waals surface area contributed by atoms with Crippen molar-refractivity contribution in [3.05, 3.63) is 22.6 Å². The highest BCUT2D eigenvalue weighted by atomic mass is 16.4. The maximum absolute atomic E-state index is 11.0. The minimum atomic E-state index is -0.928. The Morgan fingerprint density at radius 1 is 1.40 bits per heavy atom. The number of fused-ring (bicyclic) bond motifs is 1. The van der Waals surface area contributed by atoms with Crippen LogP contribution in [0.25, 0.3) is 0 Å². The number of rotatable bonds is 3. The van der Waals surface area contributed by atoms with Crippen LogP contribution in [0.3, 0.4) is 0 Å². The Morgan fingerprint density at radius 3 is 2.67 bits per heavy atom. The van der Waals surface area contributed by atoms with Crippen LogP contribution in [-0.2, 0) is 19.3 Å². The minimum Gasteiger partial charge on any atom is -0.475 e. The zero-order valence-electron chi connectivity index (χ0n) is 9.17. The number of furan rings is 1. The van der Waals surface area contributed by atoms with Gasteiger partial charge in [0.05, 0.1) is 0 Å². The highest BCUT2D eigenvalue weighted by molar-refractivity contribution is 5.87. The second-order valence-electron chi connectivity index (χ2n) is 4.57. The standard InChI is InChI=1S/C12H16O3/c1-7(2)6-10-8-4-3-5-9(8)11(15-10)12(13)14/h7H,3-6H2,1-2H3,(H,13,14). The molecule has 1 aromatic rings. The lowest BCUT2D eigenvalue weighted by atomic mass is 10.0. The van der Waals surface area contributed by atoms with Gasteiger partial charge in [0, 0.05) is 12.0 Å². The summed E-state index contributed by atoms with van der Waals surface area (Å²) in [5.74, 6) is 0.652. The molecule has 0 saturated heterocycles. The van der Waals surface area contributed by atoms with Gasteiger partial charge in [-0.25, -0.2) is 4.79 Å². The predicted octanol–water partition coefficient (Wildman–Crippen LogP) is 2.67. The summed E-state index contributed by atoms with van der Waals surface area (Å²) in [6.07, 6.45) is 3.74. The van der Waals surface area contributed by atoms with E-state index in [-0.39, 0.29) is 5.76 Å². The van der Waals surface area contributed by atoms with Gasteiger partial charge in [0.15, 0.2) is 0 Å². The van der Waals surface area contributed by atoms with Crippen LogP contribution < -0.4 is 0 Å². The molecule has 0 aliphatic heterocycles. The van der Waals surface area contributed by atoms with Crippen molar-refractivity contribution >= 4 is 5.97 Å². The van der Waals surface area contributed by atoms with E-state index in [0.717, 1.165) is 37.0 Å². The van der Waals surface area contributed by atoms with Gasteiger partial charge in [-0.15, -0.1) is 0 Å². The van der Waals surface area contributed by atoms with Crippen LogP contribution in [0.4, 0.5) is 0 Å². The van der Waals surface area contributed by atoms with Crippen LogP contribution in [0, 0.1) is 5.92 Å². The molecule has 1 aliphatic carbocycles. The molecule has 15 heavy (non-hydrogen) atoms. The maximum atomic E-state index is 11.0. The summed E-state index contributed by atoms with van der Waals surface area (Å²) < 4.78 is 5.46. The Hall–Kier alpha value is -1.25. The topological polar surface area (TPSA) is 50.4 Å². The van der Waals surface area contributed by atoms with Gasteiger partial charge in [-0.1, -0.05) is 13.8 Å². The van der Waals surface area contributed by atoms with Crippen LogP contribution in [0.2, 0.25) is 0 Å². The van der Waals surface area contributed by atoms with Crippen LogP contribution >= 0.6 is 0 Å². The summed E-state index contributed by atoms with van der Waals surface area (Å²) >= 11 is 0. The van der Waals surface area contributed by atoms with E-state index in [9.17, 15) is 4.79 Å². The first-order chi connectivity index (χ1) is 7.09. The van der Waals surface area contributed by atoms with Gasteiger partial charge in [0.1, 0.15) is 5.76 Å². The Kier molecular flexibility index (Phi) is 2.55. The normalized spacial score (nSPS) is 14.6. The molecule has 1 heterocycles. The molecule has 0 spiro atoms. The molecule has 0 aromatic carbocycles. The summed E-state index contributed by atoms with van der Waals surface area (Å²) in [5, 5.41) is 9.00. The minimum absolute atomic E-state index is 0.179. The number of hydrogen-bond acceptors (Lipinski definition) is 2. The third-order valence-electron chi connectivity index (χ3n) is 2.84. The average molecular weight is 208 g/mol. The van der Waals surface area contributed by atoms with Gasteiger partial charge in [0.2, 0.25) is 5.76 Å². The third kappa shape index (κ3) is 1.78. The molecule has 3 heteroatoms. The van der Waals surface area contributed by atoms with Gasteiger partial charge in [-0.05, 0) is 30.7 Å². The molecule has 82 valence electrons. The Labute approximate surface area is 89.1 Å². The van der Waals surface area contributed by atoms with Crippen molar-refractivity contribution in [2.75, 3.05) is 0 Å². The van der Waals surface area contributed by atoms with E-state index in [4.69, 9.17) is 9.52 Å². The van der Waals surface area contributed by atoms with Crippen molar-refractivity contribution in [3.8, 4) is 0 Å². The molecule has 1 aliphatic rings. The van der Waals surface area contributed by atoms with E-state index < -0.39 is 5.97 Å². The van der Waals surface area contributed by atoms with Crippen LogP contribution in [0.15, 0.2) is 4.42 Å². The van der Waals surface area contributed by atoms with E-state index in [0.29, 0.717) is 5.92 Å². The number of aromatic carboxylic acids is 1. The maximum Gasteiger partial charge on any atom is 0.372 e. The summed E-state index contributed by atoms with van der Waals surface area (Å²) in [6, 6.07) is 0. The molecule has 2 rings (SSSR count). The first-order valence-electron chi connectivity index (χ1n) is 5.46. The first kappa shape index (κ1) is 10.3. The molecular formula is C12H16O3. The third-order valence-corrected chi connectivity index (χ3v) is 2.84. The zero-order valence-corrected chi connectivity index (χ0v) is 9.17. The van der Waals surface area contributed by atoms with E-state index >= 15 is 0 Å². The average Bonchev–Trinajstić information content (AvgIpc) is 2.66. The number of hydrogen-bond donors (Lipinski definition) is 1. The molecule has 1 N–H and O–H groups in total. The Bertz CT molecular complexity index is 388. The molecule has 0 bridgehead atoms. The molecule has 0 amide bonds. The predicted molar refractivity (Wildman–Crippen MR) is 56.2 cm³/mol. The highest BCUT2D eigenvalue weighted by Crippen LogP contribution is 2.32. The second kappa shape index (κ2) is 3.72. The molecule has 0 radical (unpaired) electrons. The quantitative estimate of drug-likeness (QED) is 0.830. The molecule has 0 unspecified atom stereocenters. The van der Waals surface area contributed by atoms with Crippen LogP contribution in [0.5, 0.6) is 0 Å². The summed E-state index contributed by atoms with van der Waals surface area (Å²) in [7, 11) is 0. The zero-order chi connectivity index (χ0) is 11.0. The molecule has 0 saturated carbocycles. The van der Waals surface area contributed by atoms with Crippen molar-refractivity contribution < 1.29 is 14.3 Å². The second-order valence-corrected chi connectivity index (χ2v) is 4.57. The monoisotopic (exact) mass is 208 g/mol. The Balaban J connectivity index is 2.40. The highest BCUT2D eigenvalue weighted by Gasteiger charge is 2.27. The van der Waals surface area contributed by atoms with Crippen molar-refractivity contribution in [2.45, 2.75) is 39.5 Å². The fraction of sp³-hybridized carbons (Fsp3) is 0.583. The molecule has 3 nitrogen and oxygen atoms in total. The largest absolute Gasteiger partial charge is 0.475 e.